The van der Waals surface area contributed by atoms with Crippen LogP contribution in [0.5, 0.6) is 0 Å². The minimum atomic E-state index is 0.312. The van der Waals surface area contributed by atoms with Crippen LogP contribution in [0.25, 0.3) is 11.4 Å². The van der Waals surface area contributed by atoms with Crippen molar-refractivity contribution in [3.05, 3.63) is 22.2 Å². The Hall–Kier alpha value is -1.43. The van der Waals surface area contributed by atoms with Gasteiger partial charge in [0.2, 0.25) is 0 Å². The van der Waals surface area contributed by atoms with Crippen LogP contribution in [0.4, 0.5) is 5.69 Å². The SMILES string of the molecule is Cc1c(N)cc(Br)cc1-c1nnnn1C(C)CC1CC1. The topological polar surface area (TPSA) is 69.6 Å². The number of halogens is 1. The van der Waals surface area contributed by atoms with E-state index in [-0.39, 0.29) is 0 Å². The summed E-state index contributed by atoms with van der Waals surface area (Å²) in [5.41, 5.74) is 8.79. The van der Waals surface area contributed by atoms with E-state index in [2.05, 4.69) is 38.4 Å². The largest absolute Gasteiger partial charge is 0.398 e. The van der Waals surface area contributed by atoms with Crippen molar-refractivity contribution >= 4 is 21.6 Å². The maximum atomic E-state index is 6.04. The van der Waals surface area contributed by atoms with Gasteiger partial charge < -0.3 is 5.73 Å². The molecule has 1 atom stereocenters. The van der Waals surface area contributed by atoms with Gasteiger partial charge in [-0.1, -0.05) is 28.8 Å². The van der Waals surface area contributed by atoms with Crippen molar-refractivity contribution in [2.45, 2.75) is 39.2 Å². The fraction of sp³-hybridized carbons (Fsp3) is 0.500. The summed E-state index contributed by atoms with van der Waals surface area (Å²) in [7, 11) is 0. The van der Waals surface area contributed by atoms with Crippen molar-refractivity contribution in [3.8, 4) is 11.4 Å². The first-order valence-electron chi connectivity index (χ1n) is 6.90. The Morgan fingerprint density at radius 3 is 2.90 bits per heavy atom. The molecule has 1 heterocycles. The number of anilines is 1. The zero-order chi connectivity index (χ0) is 14.3. The molecule has 1 fully saturated rings. The molecule has 1 saturated carbocycles. The van der Waals surface area contributed by atoms with Crippen molar-refractivity contribution in [1.82, 2.24) is 20.2 Å². The highest BCUT2D eigenvalue weighted by Crippen LogP contribution is 2.38. The van der Waals surface area contributed by atoms with Gasteiger partial charge in [-0.3, -0.25) is 0 Å². The summed E-state index contributed by atoms with van der Waals surface area (Å²) in [5, 5.41) is 12.2. The second kappa shape index (κ2) is 5.16. The van der Waals surface area contributed by atoms with Crippen molar-refractivity contribution in [3.63, 3.8) is 0 Å². The molecular formula is C14H18BrN5. The van der Waals surface area contributed by atoms with Crippen LogP contribution in [-0.4, -0.2) is 20.2 Å². The van der Waals surface area contributed by atoms with E-state index in [1.165, 1.54) is 12.8 Å². The molecule has 0 bridgehead atoms. The molecule has 2 N–H and O–H groups in total. The van der Waals surface area contributed by atoms with Crippen molar-refractivity contribution in [2.24, 2.45) is 5.92 Å². The van der Waals surface area contributed by atoms with Gasteiger partial charge in [-0.2, -0.15) is 0 Å². The number of nitrogen functional groups attached to an aromatic ring is 1. The molecule has 0 radical (unpaired) electrons. The van der Waals surface area contributed by atoms with Crippen LogP contribution in [-0.2, 0) is 0 Å². The summed E-state index contributed by atoms with van der Waals surface area (Å²) in [5.74, 6) is 1.64. The van der Waals surface area contributed by atoms with E-state index < -0.39 is 0 Å². The van der Waals surface area contributed by atoms with Gasteiger partial charge in [0.1, 0.15) is 0 Å². The smallest absolute Gasteiger partial charge is 0.182 e. The van der Waals surface area contributed by atoms with Crippen molar-refractivity contribution in [2.75, 3.05) is 5.73 Å². The van der Waals surface area contributed by atoms with E-state index >= 15 is 0 Å². The van der Waals surface area contributed by atoms with Crippen LogP contribution in [0.2, 0.25) is 0 Å². The molecule has 3 rings (SSSR count). The number of rotatable bonds is 4. The van der Waals surface area contributed by atoms with Gasteiger partial charge in [-0.05, 0) is 54.3 Å². The van der Waals surface area contributed by atoms with E-state index in [1.54, 1.807) is 0 Å². The fourth-order valence-electron chi connectivity index (χ4n) is 2.54. The maximum absolute atomic E-state index is 6.04. The van der Waals surface area contributed by atoms with E-state index in [4.69, 9.17) is 5.73 Å². The van der Waals surface area contributed by atoms with Gasteiger partial charge in [0.25, 0.3) is 0 Å². The third kappa shape index (κ3) is 2.57. The molecule has 106 valence electrons. The Morgan fingerprint density at radius 1 is 1.45 bits per heavy atom. The minimum absolute atomic E-state index is 0.312. The van der Waals surface area contributed by atoms with Gasteiger partial charge in [-0.25, -0.2) is 4.68 Å². The lowest BCUT2D eigenvalue weighted by Gasteiger charge is -2.15. The third-order valence-corrected chi connectivity index (χ3v) is 4.39. The average Bonchev–Trinajstić information content (AvgIpc) is 3.07. The molecule has 1 aromatic heterocycles. The number of nitrogens with two attached hydrogens (primary N) is 1. The molecule has 0 saturated heterocycles. The lowest BCUT2D eigenvalue weighted by molar-refractivity contribution is 0.430. The van der Waals surface area contributed by atoms with Crippen molar-refractivity contribution < 1.29 is 0 Å². The molecular weight excluding hydrogens is 318 g/mol. The molecule has 20 heavy (non-hydrogen) atoms. The number of aromatic nitrogens is 4. The molecule has 0 aliphatic heterocycles. The van der Waals surface area contributed by atoms with Gasteiger partial charge in [0.15, 0.2) is 5.82 Å². The Balaban J connectivity index is 2.00. The quantitative estimate of drug-likeness (QED) is 0.869. The second-order valence-electron chi connectivity index (χ2n) is 5.64. The van der Waals surface area contributed by atoms with Crippen LogP contribution in [0.3, 0.4) is 0 Å². The predicted octanol–water partition coefficient (Wildman–Crippen LogP) is 3.35. The van der Waals surface area contributed by atoms with E-state index in [9.17, 15) is 0 Å². The number of hydrogen-bond donors (Lipinski definition) is 1. The monoisotopic (exact) mass is 335 g/mol. The van der Waals surface area contributed by atoms with Crippen LogP contribution in [0.15, 0.2) is 16.6 Å². The third-order valence-electron chi connectivity index (χ3n) is 3.94. The zero-order valence-corrected chi connectivity index (χ0v) is 13.3. The average molecular weight is 336 g/mol. The molecule has 6 heteroatoms. The van der Waals surface area contributed by atoms with Gasteiger partial charge in [-0.15, -0.1) is 5.10 Å². The second-order valence-corrected chi connectivity index (χ2v) is 6.56. The summed E-state index contributed by atoms with van der Waals surface area (Å²) < 4.78 is 2.87. The van der Waals surface area contributed by atoms with Crippen LogP contribution in [0, 0.1) is 12.8 Å². The highest BCUT2D eigenvalue weighted by atomic mass is 79.9. The Labute approximate surface area is 126 Å². The maximum Gasteiger partial charge on any atom is 0.182 e. The Bertz CT molecular complexity index is 632. The molecule has 1 aliphatic rings. The first-order valence-corrected chi connectivity index (χ1v) is 7.69. The molecule has 5 nitrogen and oxygen atoms in total. The number of tetrazole rings is 1. The summed E-state index contributed by atoms with van der Waals surface area (Å²) in [4.78, 5) is 0. The normalized spacial score (nSPS) is 16.4. The highest BCUT2D eigenvalue weighted by molar-refractivity contribution is 9.10. The van der Waals surface area contributed by atoms with Crippen molar-refractivity contribution in [1.29, 1.82) is 0 Å². The summed E-state index contributed by atoms with van der Waals surface area (Å²) >= 11 is 3.49. The number of hydrogen-bond acceptors (Lipinski definition) is 4. The fourth-order valence-corrected chi connectivity index (χ4v) is 3.01. The lowest BCUT2D eigenvalue weighted by atomic mass is 10.1. The first-order chi connectivity index (χ1) is 9.56. The molecule has 2 aromatic rings. The van der Waals surface area contributed by atoms with Crippen LogP contribution < -0.4 is 5.73 Å². The summed E-state index contributed by atoms with van der Waals surface area (Å²) in [6.07, 6.45) is 3.82. The Kier molecular flexibility index (Phi) is 3.50. The molecule has 0 spiro atoms. The van der Waals surface area contributed by atoms with Gasteiger partial charge in [0.05, 0.1) is 6.04 Å². The predicted molar refractivity (Wildman–Crippen MR) is 82.2 cm³/mol. The minimum Gasteiger partial charge on any atom is -0.398 e. The van der Waals surface area contributed by atoms with Gasteiger partial charge in [0, 0.05) is 15.7 Å². The van der Waals surface area contributed by atoms with Gasteiger partial charge >= 0.3 is 0 Å². The lowest BCUT2D eigenvalue weighted by Crippen LogP contribution is -2.10. The summed E-state index contributed by atoms with van der Waals surface area (Å²) in [6, 6.07) is 4.24. The van der Waals surface area contributed by atoms with Crippen LogP contribution in [0.1, 0.15) is 37.8 Å². The molecule has 1 aromatic carbocycles. The molecule has 1 unspecified atom stereocenters. The highest BCUT2D eigenvalue weighted by Gasteiger charge is 2.26. The van der Waals surface area contributed by atoms with E-state index in [1.807, 2.05) is 23.7 Å². The zero-order valence-electron chi connectivity index (χ0n) is 11.7. The molecule has 1 aliphatic carbocycles. The van der Waals surface area contributed by atoms with E-state index in [0.717, 1.165) is 39.5 Å². The first kappa shape index (κ1) is 13.5. The number of nitrogens with zero attached hydrogens (tertiary/aromatic N) is 4. The number of benzene rings is 1. The summed E-state index contributed by atoms with van der Waals surface area (Å²) in [6.45, 7) is 4.18. The molecule has 0 amide bonds. The van der Waals surface area contributed by atoms with E-state index in [0.29, 0.717) is 6.04 Å². The standard InChI is InChI=1S/C14H18BrN5/c1-8(5-10-3-4-10)20-14(17-18-19-20)12-6-11(15)7-13(16)9(12)2/h6-8,10H,3-5,16H2,1-2H3. The van der Waals surface area contributed by atoms with Crippen LogP contribution >= 0.6 is 15.9 Å². The Morgan fingerprint density at radius 2 is 2.20 bits per heavy atom.